The Morgan fingerprint density at radius 3 is 1.37 bits per heavy atom. The number of cyclic esters (lactones) is 4. The van der Waals surface area contributed by atoms with Crippen molar-refractivity contribution in [3.05, 3.63) is 60.8 Å². The Labute approximate surface area is 525 Å². The zero-order chi connectivity index (χ0) is 64.5. The molecule has 0 radical (unpaired) electrons. The van der Waals surface area contributed by atoms with Gasteiger partial charge in [-0.2, -0.15) is 0 Å². The first-order chi connectivity index (χ1) is 42.6. The Bertz CT molecular complexity index is 2970. The molecule has 12 bridgehead atoms. The third kappa shape index (κ3) is 12.5. The standard InChI is InChI=1S/C15H20O4.2C14H18O4.C13H16O5.C13H16O4/c1-9(2)14(17)19-12-5-11-4-3-10(12)6-15(11)7-13(16)18-8-15;1-8(2)13(16)18-11-4-10-3-9(11)5-14(10)6-12(15)17-7-14;1-8(2)12(15)18-11-6-10-5-9(11)7-14(10)3-4-17-13(14)16;1-7(2)12(15)18-8-3-10-13(4-9(8)17-10)5-11(14)16-6-13;1-6(2)12(14)16-10-7-3-4-8-9(5-7)13(15)17-11(8)10/h10-12H,1,3-8H2,2H3;2*9-11H,1,3-7H2,2H3;8-10H,1,3-6H2,2H3;7-11H,1,3-5H2,2H3. The monoisotopic (exact) mass is 1250 g/mol. The SMILES string of the molecule is C=C(C)C(=O)OC1C2CCC3C(C2)C(=O)OC31.C=C(C)C(=O)OC1CC2CC1CC21CCOC1=O.C=C(C)C(=O)OC1CC2CC1CC21COC(=O)C1.C=C(C)C(=O)OC1CC2CCC1CC21COC(=O)C1.C=C(C)C(=O)OC1CC2OC1CC21COC(=O)C1. The van der Waals surface area contributed by atoms with E-state index in [-0.39, 0.29) is 148 Å². The number of ether oxygens (including phenoxy) is 11. The van der Waals surface area contributed by atoms with Crippen LogP contribution in [-0.4, -0.2) is 135 Å². The van der Waals surface area contributed by atoms with Gasteiger partial charge in [-0.15, -0.1) is 0 Å². The minimum absolute atomic E-state index is 0.00396. The van der Waals surface area contributed by atoms with Gasteiger partial charge in [-0.1, -0.05) is 32.9 Å². The van der Waals surface area contributed by atoms with Crippen molar-refractivity contribution in [2.75, 3.05) is 26.4 Å². The van der Waals surface area contributed by atoms with Crippen molar-refractivity contribution < 1.29 is 100 Å². The van der Waals surface area contributed by atoms with Crippen LogP contribution < -0.4 is 0 Å². The van der Waals surface area contributed by atoms with Crippen LogP contribution >= 0.6 is 0 Å². The van der Waals surface area contributed by atoms with Crippen LogP contribution in [0.15, 0.2) is 60.8 Å². The molecule has 17 rings (SSSR count). The molecule has 0 aromatic heterocycles. The number of hydrogen-bond donors (Lipinski definition) is 0. The summed E-state index contributed by atoms with van der Waals surface area (Å²) in [6.45, 7) is 28.3. The molecule has 90 heavy (non-hydrogen) atoms. The highest BCUT2D eigenvalue weighted by molar-refractivity contribution is 5.89. The van der Waals surface area contributed by atoms with Crippen molar-refractivity contribution in [3.63, 3.8) is 0 Å². The fourth-order valence-electron chi connectivity index (χ4n) is 18.4. The number of esters is 10. The van der Waals surface area contributed by atoms with Gasteiger partial charge in [0.15, 0.2) is 0 Å². The van der Waals surface area contributed by atoms with Crippen LogP contribution in [0.1, 0.15) is 157 Å². The normalized spacial score (nSPS) is 41.2. The van der Waals surface area contributed by atoms with E-state index >= 15 is 0 Å². The van der Waals surface area contributed by atoms with E-state index in [4.69, 9.17) is 52.1 Å². The topological polar surface area (TPSA) is 272 Å². The number of carbonyl (C=O) groups is 10. The van der Waals surface area contributed by atoms with Crippen LogP contribution in [0.5, 0.6) is 0 Å². The first kappa shape index (κ1) is 64.9. The van der Waals surface area contributed by atoms with Crippen LogP contribution in [0.25, 0.3) is 0 Å². The van der Waals surface area contributed by atoms with Gasteiger partial charge < -0.3 is 52.1 Å². The third-order valence-corrected chi connectivity index (χ3v) is 23.1. The molecule has 0 amide bonds. The molecule has 7 heterocycles. The Balaban J connectivity index is 0.000000116. The van der Waals surface area contributed by atoms with Gasteiger partial charge in [-0.05, 0) is 166 Å². The highest BCUT2D eigenvalue weighted by atomic mass is 16.6. The van der Waals surface area contributed by atoms with E-state index in [1.54, 1.807) is 34.6 Å². The second-order valence-corrected chi connectivity index (χ2v) is 29.3. The van der Waals surface area contributed by atoms with Crippen LogP contribution in [0.2, 0.25) is 0 Å². The van der Waals surface area contributed by atoms with Gasteiger partial charge in [-0.3, -0.25) is 24.0 Å². The Hall–Kier alpha value is -6.64. The molecular weight excluding hydrogens is 1160 g/mol. The lowest BCUT2D eigenvalue weighted by Gasteiger charge is -2.51. The maximum Gasteiger partial charge on any atom is 0.333 e. The minimum Gasteiger partial charge on any atom is -0.465 e. The van der Waals surface area contributed by atoms with Gasteiger partial charge in [-0.25, -0.2) is 24.0 Å². The van der Waals surface area contributed by atoms with Crippen molar-refractivity contribution in [2.24, 2.45) is 74.9 Å². The molecular formula is C69H88O21. The molecule has 7 saturated heterocycles. The fourth-order valence-corrected chi connectivity index (χ4v) is 18.4. The second-order valence-electron chi connectivity index (χ2n) is 29.3. The van der Waals surface area contributed by atoms with Crippen molar-refractivity contribution >= 4 is 59.7 Å². The average Bonchev–Trinajstić information content (AvgIpc) is 1.57. The Morgan fingerprint density at radius 1 is 0.456 bits per heavy atom. The molecule has 0 N–H and O–H groups in total. The largest absolute Gasteiger partial charge is 0.465 e. The van der Waals surface area contributed by atoms with E-state index in [0.29, 0.717) is 115 Å². The van der Waals surface area contributed by atoms with Gasteiger partial charge in [0, 0.05) is 62.4 Å². The van der Waals surface area contributed by atoms with Crippen molar-refractivity contribution in [1.29, 1.82) is 0 Å². The number of hydrogen-bond acceptors (Lipinski definition) is 21. The fraction of sp³-hybridized carbons (Fsp3) is 0.710. The summed E-state index contributed by atoms with van der Waals surface area (Å²) in [5.41, 5.74) is 1.79. The van der Waals surface area contributed by atoms with Crippen LogP contribution in [0, 0.1) is 74.9 Å². The summed E-state index contributed by atoms with van der Waals surface area (Å²) in [4.78, 5) is 115. The van der Waals surface area contributed by atoms with E-state index in [1.807, 2.05) is 0 Å². The van der Waals surface area contributed by atoms with Gasteiger partial charge >= 0.3 is 59.7 Å². The van der Waals surface area contributed by atoms with Gasteiger partial charge in [0.25, 0.3) is 0 Å². The number of rotatable bonds is 10. The average molecular weight is 1250 g/mol. The lowest BCUT2D eigenvalue weighted by molar-refractivity contribution is -0.168. The lowest BCUT2D eigenvalue weighted by Crippen LogP contribution is -2.50. The van der Waals surface area contributed by atoms with E-state index < -0.39 is 0 Å². The molecule has 21 atom stereocenters. The maximum atomic E-state index is 11.9. The summed E-state index contributed by atoms with van der Waals surface area (Å²) >= 11 is 0. The molecule has 21 heteroatoms. The molecule has 490 valence electrons. The summed E-state index contributed by atoms with van der Waals surface area (Å²) in [5, 5.41) is 0. The molecule has 7 aliphatic heterocycles. The van der Waals surface area contributed by atoms with Gasteiger partial charge in [0.05, 0.1) is 62.6 Å². The lowest BCUT2D eigenvalue weighted by atomic mass is 9.54. The van der Waals surface area contributed by atoms with E-state index in [0.717, 1.165) is 96.3 Å². The van der Waals surface area contributed by atoms with Gasteiger partial charge in [0.1, 0.15) is 43.2 Å². The molecule has 10 saturated carbocycles. The maximum absolute atomic E-state index is 11.9. The third-order valence-electron chi connectivity index (χ3n) is 23.1. The molecule has 0 aromatic carbocycles. The van der Waals surface area contributed by atoms with E-state index in [9.17, 15) is 47.9 Å². The highest BCUT2D eigenvalue weighted by Gasteiger charge is 2.65. The van der Waals surface area contributed by atoms with Gasteiger partial charge in [0.2, 0.25) is 0 Å². The molecule has 21 unspecified atom stereocenters. The quantitative estimate of drug-likeness (QED) is 0.113. The highest BCUT2D eigenvalue weighted by Crippen LogP contribution is 2.63. The summed E-state index contributed by atoms with van der Waals surface area (Å²) < 4.78 is 59.0. The zero-order valence-corrected chi connectivity index (χ0v) is 52.7. The van der Waals surface area contributed by atoms with E-state index in [1.165, 1.54) is 0 Å². The van der Waals surface area contributed by atoms with Crippen molar-refractivity contribution in [1.82, 2.24) is 0 Å². The summed E-state index contributed by atoms with van der Waals surface area (Å²) in [6.07, 6.45) is 15.4. The molecule has 4 spiro atoms. The summed E-state index contributed by atoms with van der Waals surface area (Å²) in [6, 6.07) is 0. The smallest absolute Gasteiger partial charge is 0.333 e. The second kappa shape index (κ2) is 25.1. The zero-order valence-electron chi connectivity index (χ0n) is 52.7. The predicted octanol–water partition coefficient (Wildman–Crippen LogP) is 8.32. The van der Waals surface area contributed by atoms with Crippen LogP contribution in [0.4, 0.5) is 0 Å². The first-order valence-corrected chi connectivity index (χ1v) is 32.4. The molecule has 17 fully saturated rings. The summed E-state index contributed by atoms with van der Waals surface area (Å²) in [5.74, 6) is 0.899. The molecule has 21 nitrogen and oxygen atoms in total. The Morgan fingerprint density at radius 2 is 0.922 bits per heavy atom. The molecule has 17 aliphatic rings. The predicted molar refractivity (Wildman–Crippen MR) is 315 cm³/mol. The van der Waals surface area contributed by atoms with Crippen molar-refractivity contribution in [3.8, 4) is 0 Å². The first-order valence-electron chi connectivity index (χ1n) is 32.4. The van der Waals surface area contributed by atoms with Crippen LogP contribution in [0.3, 0.4) is 0 Å². The number of carbonyl (C=O) groups excluding carboxylic acids is 10. The van der Waals surface area contributed by atoms with Crippen LogP contribution in [-0.2, 0) is 100 Å². The Kier molecular flexibility index (Phi) is 18.1. The molecule has 10 aliphatic carbocycles. The van der Waals surface area contributed by atoms with Crippen molar-refractivity contribution in [2.45, 2.75) is 205 Å². The molecule has 0 aromatic rings. The number of fused-ring (bicyclic) bond motifs is 12. The minimum atomic E-state index is -0.373. The summed E-state index contributed by atoms with van der Waals surface area (Å²) in [7, 11) is 0. The van der Waals surface area contributed by atoms with E-state index in [2.05, 4.69) is 32.9 Å².